The van der Waals surface area contributed by atoms with Gasteiger partial charge in [-0.2, -0.15) is 5.10 Å². The second-order valence-corrected chi connectivity index (χ2v) is 7.71. The summed E-state index contributed by atoms with van der Waals surface area (Å²) in [6.07, 6.45) is 1.36. The second kappa shape index (κ2) is 5.32. The number of fused-ring (bicyclic) bond motifs is 1. The second-order valence-electron chi connectivity index (χ2n) is 7.71. The summed E-state index contributed by atoms with van der Waals surface area (Å²) in [5.41, 5.74) is 5.26. The number of rotatable bonds is 1. The first-order valence-electron chi connectivity index (χ1n) is 8.45. The maximum Gasteiger partial charge on any atom is 0.187 e. The van der Waals surface area contributed by atoms with Crippen molar-refractivity contribution in [1.82, 2.24) is 10.2 Å². The fourth-order valence-corrected chi connectivity index (χ4v) is 4.06. The summed E-state index contributed by atoms with van der Waals surface area (Å²) in [7, 11) is 0. The van der Waals surface area contributed by atoms with E-state index in [1.165, 1.54) is 0 Å². The first-order chi connectivity index (χ1) is 11.9. The molecule has 1 aliphatic carbocycles. The largest absolute Gasteiger partial charge is 0.342 e. The lowest BCUT2D eigenvalue weighted by Gasteiger charge is -2.38. The van der Waals surface area contributed by atoms with E-state index in [9.17, 15) is 4.79 Å². The minimum absolute atomic E-state index is 0.0608. The zero-order chi connectivity index (χ0) is 17.8. The number of aryl methyl sites for hydroxylation is 1. The molecule has 0 spiro atoms. The predicted molar refractivity (Wildman–Crippen MR) is 96.5 cm³/mol. The Morgan fingerprint density at radius 1 is 1.32 bits per heavy atom. The predicted octanol–water partition coefficient (Wildman–Crippen LogP) is 4.47. The Bertz CT molecular complexity index is 958. The van der Waals surface area contributed by atoms with Crippen LogP contribution < -0.4 is 5.32 Å². The van der Waals surface area contributed by atoms with Crippen LogP contribution in [0.1, 0.15) is 49.4 Å². The summed E-state index contributed by atoms with van der Waals surface area (Å²) in [6.45, 7) is 13.5. The number of hydrogen-bond acceptors (Lipinski definition) is 3. The molecule has 1 aromatic carbocycles. The molecule has 2 N–H and O–H groups in total. The first kappa shape index (κ1) is 15.6. The van der Waals surface area contributed by atoms with Crippen LogP contribution >= 0.6 is 0 Å². The van der Waals surface area contributed by atoms with Crippen molar-refractivity contribution in [3.63, 3.8) is 0 Å². The smallest absolute Gasteiger partial charge is 0.187 e. The Labute approximate surface area is 147 Å². The van der Waals surface area contributed by atoms with Gasteiger partial charge < -0.3 is 5.32 Å². The van der Waals surface area contributed by atoms with Gasteiger partial charge in [-0.1, -0.05) is 38.1 Å². The molecule has 0 radical (unpaired) electrons. The van der Waals surface area contributed by atoms with Gasteiger partial charge in [0.15, 0.2) is 17.3 Å². The SMILES string of the molecule is [C-]#[N+]c1cccc(C2C3=C(CC(C)(C)CC3=O)Nc3n[nH]c(C)c32)c1. The maximum atomic E-state index is 13.0. The fraction of sp³-hybridized carbons (Fsp3) is 0.350. The van der Waals surface area contributed by atoms with E-state index < -0.39 is 0 Å². The minimum Gasteiger partial charge on any atom is -0.342 e. The van der Waals surface area contributed by atoms with Crippen molar-refractivity contribution >= 4 is 17.3 Å². The quantitative estimate of drug-likeness (QED) is 0.757. The standard InChI is InChI=1S/C20H20N4O/c1-11-16-17(12-6-5-7-13(8-12)21-4)18-14(22-19(16)24-23-11)9-20(2,3)10-15(18)25/h5-8,17H,9-10H2,1-3H3,(H2,22,23,24). The van der Waals surface area contributed by atoms with Crippen LogP contribution in [0.4, 0.5) is 11.5 Å². The molecular weight excluding hydrogens is 312 g/mol. The van der Waals surface area contributed by atoms with E-state index >= 15 is 0 Å². The number of Topliss-reactive ketones (excluding diaryl/α,β-unsaturated/α-hetero) is 1. The minimum atomic E-state index is -0.171. The van der Waals surface area contributed by atoms with Gasteiger partial charge in [0.2, 0.25) is 0 Å². The monoisotopic (exact) mass is 332 g/mol. The lowest BCUT2D eigenvalue weighted by atomic mass is 9.69. The molecule has 0 bridgehead atoms. The Morgan fingerprint density at radius 2 is 2.12 bits per heavy atom. The highest BCUT2D eigenvalue weighted by Crippen LogP contribution is 2.49. The van der Waals surface area contributed by atoms with Crippen LogP contribution in [-0.2, 0) is 4.79 Å². The van der Waals surface area contributed by atoms with E-state index in [2.05, 4.69) is 34.2 Å². The molecule has 0 amide bonds. The van der Waals surface area contributed by atoms with E-state index in [0.717, 1.165) is 40.3 Å². The van der Waals surface area contributed by atoms with Crippen LogP contribution in [0.15, 0.2) is 35.5 Å². The van der Waals surface area contributed by atoms with Crippen LogP contribution in [-0.4, -0.2) is 16.0 Å². The third-order valence-electron chi connectivity index (χ3n) is 5.09. The first-order valence-corrected chi connectivity index (χ1v) is 8.45. The highest BCUT2D eigenvalue weighted by atomic mass is 16.1. The Balaban J connectivity index is 1.95. The number of carbonyl (C=O) groups excluding carboxylic acids is 1. The van der Waals surface area contributed by atoms with Gasteiger partial charge in [0.05, 0.1) is 6.57 Å². The number of carbonyl (C=O) groups is 1. The Hall–Kier alpha value is -2.87. The van der Waals surface area contributed by atoms with Gasteiger partial charge in [0.25, 0.3) is 0 Å². The van der Waals surface area contributed by atoms with Crippen molar-refractivity contribution in [1.29, 1.82) is 0 Å². The third kappa shape index (κ3) is 2.45. The molecule has 1 aromatic heterocycles. The molecule has 2 aromatic rings. The summed E-state index contributed by atoms with van der Waals surface area (Å²) in [4.78, 5) is 16.6. The Morgan fingerprint density at radius 3 is 2.88 bits per heavy atom. The van der Waals surface area contributed by atoms with E-state index in [1.807, 2.05) is 25.1 Å². The molecule has 0 fully saturated rings. The maximum absolute atomic E-state index is 13.0. The number of allylic oxidation sites excluding steroid dienone is 2. The van der Waals surface area contributed by atoms with E-state index in [0.29, 0.717) is 12.1 Å². The summed E-state index contributed by atoms with van der Waals surface area (Å²) >= 11 is 0. The van der Waals surface area contributed by atoms with Gasteiger partial charge >= 0.3 is 0 Å². The number of hydrogen-bond donors (Lipinski definition) is 2. The number of H-pyrrole nitrogens is 1. The molecule has 1 atom stereocenters. The lowest BCUT2D eigenvalue weighted by Crippen LogP contribution is -2.33. The average molecular weight is 332 g/mol. The van der Waals surface area contributed by atoms with E-state index in [-0.39, 0.29) is 17.1 Å². The number of aromatic amines is 1. The number of anilines is 1. The van der Waals surface area contributed by atoms with Crippen LogP contribution in [0.5, 0.6) is 0 Å². The van der Waals surface area contributed by atoms with Crippen molar-refractivity contribution in [2.24, 2.45) is 5.41 Å². The van der Waals surface area contributed by atoms with Crippen LogP contribution in [0, 0.1) is 18.9 Å². The van der Waals surface area contributed by atoms with Crippen LogP contribution in [0.2, 0.25) is 0 Å². The van der Waals surface area contributed by atoms with Crippen molar-refractivity contribution < 1.29 is 4.79 Å². The molecule has 0 saturated carbocycles. The third-order valence-corrected chi connectivity index (χ3v) is 5.09. The zero-order valence-electron chi connectivity index (χ0n) is 14.6. The molecule has 126 valence electrons. The molecule has 4 rings (SSSR count). The summed E-state index contributed by atoms with van der Waals surface area (Å²) in [5.74, 6) is 0.804. The Kier molecular flexibility index (Phi) is 3.33. The molecule has 5 heteroatoms. The number of nitrogens with zero attached hydrogens (tertiary/aromatic N) is 2. The van der Waals surface area contributed by atoms with E-state index in [1.54, 1.807) is 6.07 Å². The molecule has 25 heavy (non-hydrogen) atoms. The van der Waals surface area contributed by atoms with Crippen molar-refractivity contribution in [2.75, 3.05) is 5.32 Å². The van der Waals surface area contributed by atoms with Crippen LogP contribution in [0.3, 0.4) is 0 Å². The summed E-state index contributed by atoms with van der Waals surface area (Å²) in [5, 5.41) is 10.8. The molecular formula is C20H20N4O. The highest BCUT2D eigenvalue weighted by Gasteiger charge is 2.42. The van der Waals surface area contributed by atoms with Gasteiger partial charge in [0, 0.05) is 34.9 Å². The molecule has 2 heterocycles. The van der Waals surface area contributed by atoms with Gasteiger partial charge in [-0.3, -0.25) is 9.89 Å². The number of nitrogens with one attached hydrogen (secondary N) is 2. The zero-order valence-corrected chi connectivity index (χ0v) is 14.6. The summed E-state index contributed by atoms with van der Waals surface area (Å²) < 4.78 is 0. The molecule has 1 aliphatic heterocycles. The van der Waals surface area contributed by atoms with Crippen molar-refractivity contribution in [3.05, 3.63) is 63.8 Å². The fourth-order valence-electron chi connectivity index (χ4n) is 4.06. The van der Waals surface area contributed by atoms with Gasteiger partial charge in [-0.15, -0.1) is 0 Å². The molecule has 0 saturated heterocycles. The molecule has 5 nitrogen and oxygen atoms in total. The normalized spacial score (nSPS) is 21.2. The van der Waals surface area contributed by atoms with Crippen LogP contribution in [0.25, 0.3) is 4.85 Å². The van der Waals surface area contributed by atoms with Crippen molar-refractivity contribution in [2.45, 2.75) is 39.5 Å². The number of aromatic nitrogens is 2. The molecule has 1 unspecified atom stereocenters. The number of benzene rings is 1. The van der Waals surface area contributed by atoms with Gasteiger partial charge in [-0.05, 0) is 24.3 Å². The summed E-state index contributed by atoms with van der Waals surface area (Å²) in [6, 6.07) is 7.56. The molecule has 2 aliphatic rings. The number of ketones is 1. The lowest BCUT2D eigenvalue weighted by molar-refractivity contribution is -0.118. The topological polar surface area (TPSA) is 62.1 Å². The van der Waals surface area contributed by atoms with Gasteiger partial charge in [-0.25, -0.2) is 4.85 Å². The van der Waals surface area contributed by atoms with E-state index in [4.69, 9.17) is 6.57 Å². The van der Waals surface area contributed by atoms with Gasteiger partial charge in [0.1, 0.15) is 0 Å². The highest BCUT2D eigenvalue weighted by molar-refractivity contribution is 6.01. The van der Waals surface area contributed by atoms with Crippen molar-refractivity contribution in [3.8, 4) is 0 Å². The average Bonchev–Trinajstić information content (AvgIpc) is 2.92.